The molecule has 0 N–H and O–H groups in total. The van der Waals surface area contributed by atoms with Crippen LogP contribution in [0.25, 0.3) is 0 Å². The zero-order valence-corrected chi connectivity index (χ0v) is 9.76. The standard InChI is InChI=1S/C8H14Br2/c1-4-5-8(3,10)7(2)6-9/h2,4-6H2,1,3H3. The summed E-state index contributed by atoms with van der Waals surface area (Å²) >= 11 is 7.03. The third-order valence-electron chi connectivity index (χ3n) is 1.62. The smallest absolute Gasteiger partial charge is 0.0443 e. The summed E-state index contributed by atoms with van der Waals surface area (Å²) in [4.78, 5) is 0. The number of halogens is 2. The molecule has 0 saturated heterocycles. The molecule has 0 aromatic carbocycles. The van der Waals surface area contributed by atoms with E-state index in [2.05, 4.69) is 52.3 Å². The van der Waals surface area contributed by atoms with E-state index >= 15 is 0 Å². The highest BCUT2D eigenvalue weighted by molar-refractivity contribution is 9.10. The van der Waals surface area contributed by atoms with E-state index < -0.39 is 0 Å². The van der Waals surface area contributed by atoms with Crippen LogP contribution >= 0.6 is 31.9 Å². The molecule has 0 aliphatic rings. The fourth-order valence-electron chi connectivity index (χ4n) is 0.786. The Hall–Kier alpha value is 0.700. The summed E-state index contributed by atoms with van der Waals surface area (Å²) in [5, 5.41) is 0.884. The summed E-state index contributed by atoms with van der Waals surface area (Å²) in [6.45, 7) is 8.32. The van der Waals surface area contributed by atoms with E-state index in [1.807, 2.05) is 0 Å². The van der Waals surface area contributed by atoms with Crippen molar-refractivity contribution in [2.75, 3.05) is 5.33 Å². The molecule has 0 aliphatic carbocycles. The first-order valence-electron chi connectivity index (χ1n) is 3.47. The van der Waals surface area contributed by atoms with Crippen molar-refractivity contribution in [1.82, 2.24) is 0 Å². The minimum Gasteiger partial charge on any atom is -0.0976 e. The maximum absolute atomic E-state index is 3.97. The van der Waals surface area contributed by atoms with Crippen molar-refractivity contribution < 1.29 is 0 Å². The van der Waals surface area contributed by atoms with Crippen molar-refractivity contribution in [3.63, 3.8) is 0 Å². The highest BCUT2D eigenvalue weighted by atomic mass is 79.9. The van der Waals surface area contributed by atoms with E-state index in [0.29, 0.717) is 0 Å². The first kappa shape index (κ1) is 10.7. The minimum absolute atomic E-state index is 0.130. The molecule has 0 amide bonds. The van der Waals surface area contributed by atoms with Gasteiger partial charge < -0.3 is 0 Å². The predicted molar refractivity (Wildman–Crippen MR) is 55.2 cm³/mol. The van der Waals surface area contributed by atoms with Gasteiger partial charge in [0.25, 0.3) is 0 Å². The fourth-order valence-corrected chi connectivity index (χ4v) is 2.32. The fraction of sp³-hybridized carbons (Fsp3) is 0.750. The van der Waals surface area contributed by atoms with Gasteiger partial charge in [-0.15, -0.1) is 0 Å². The first-order valence-corrected chi connectivity index (χ1v) is 5.39. The molecule has 0 spiro atoms. The Morgan fingerprint density at radius 3 is 2.40 bits per heavy atom. The summed E-state index contributed by atoms with van der Waals surface area (Å²) in [5.41, 5.74) is 1.22. The average molecular weight is 270 g/mol. The molecule has 1 atom stereocenters. The second kappa shape index (κ2) is 4.55. The molecule has 0 aromatic rings. The van der Waals surface area contributed by atoms with E-state index in [9.17, 15) is 0 Å². The highest BCUT2D eigenvalue weighted by Crippen LogP contribution is 2.31. The predicted octanol–water partition coefficient (Wildman–Crippen LogP) is 3.89. The van der Waals surface area contributed by atoms with Crippen LogP contribution in [0.3, 0.4) is 0 Å². The Balaban J connectivity index is 3.96. The van der Waals surface area contributed by atoms with Crippen LogP contribution in [0.2, 0.25) is 0 Å². The van der Waals surface area contributed by atoms with Crippen molar-refractivity contribution in [2.45, 2.75) is 31.0 Å². The molecule has 0 fully saturated rings. The molecule has 10 heavy (non-hydrogen) atoms. The van der Waals surface area contributed by atoms with Gasteiger partial charge >= 0.3 is 0 Å². The quantitative estimate of drug-likeness (QED) is 0.537. The van der Waals surface area contributed by atoms with E-state index in [1.165, 1.54) is 12.0 Å². The van der Waals surface area contributed by atoms with E-state index in [4.69, 9.17) is 0 Å². The van der Waals surface area contributed by atoms with Gasteiger partial charge in [-0.2, -0.15) is 0 Å². The second-order valence-electron chi connectivity index (χ2n) is 2.68. The number of hydrogen-bond donors (Lipinski definition) is 0. The molecule has 2 heteroatoms. The molecule has 60 valence electrons. The van der Waals surface area contributed by atoms with E-state index in [0.717, 1.165) is 11.8 Å². The van der Waals surface area contributed by atoms with Gasteiger partial charge in [0.1, 0.15) is 0 Å². The largest absolute Gasteiger partial charge is 0.0976 e. The Bertz CT molecular complexity index is 116. The van der Waals surface area contributed by atoms with E-state index in [-0.39, 0.29) is 4.32 Å². The van der Waals surface area contributed by atoms with Crippen molar-refractivity contribution >= 4 is 31.9 Å². The van der Waals surface area contributed by atoms with Gasteiger partial charge in [-0.05, 0) is 13.3 Å². The molecule has 0 radical (unpaired) electrons. The molecule has 0 aromatic heterocycles. The van der Waals surface area contributed by atoms with Crippen LogP contribution in [-0.2, 0) is 0 Å². The molecule has 0 heterocycles. The summed E-state index contributed by atoms with van der Waals surface area (Å²) in [5.74, 6) is 0. The van der Waals surface area contributed by atoms with Crippen LogP contribution in [0.5, 0.6) is 0 Å². The number of allylic oxidation sites excluding steroid dienone is 1. The monoisotopic (exact) mass is 268 g/mol. The van der Waals surface area contributed by atoms with Gasteiger partial charge in [-0.3, -0.25) is 0 Å². The lowest BCUT2D eigenvalue weighted by Crippen LogP contribution is -2.18. The zero-order valence-electron chi connectivity index (χ0n) is 6.58. The Labute approximate surface area is 80.3 Å². The van der Waals surface area contributed by atoms with Crippen LogP contribution in [-0.4, -0.2) is 9.65 Å². The van der Waals surface area contributed by atoms with Crippen molar-refractivity contribution in [2.24, 2.45) is 0 Å². The number of alkyl halides is 2. The average Bonchev–Trinajstić information content (AvgIpc) is 1.86. The normalized spacial score (nSPS) is 16.4. The van der Waals surface area contributed by atoms with Crippen LogP contribution in [0.15, 0.2) is 12.2 Å². The lowest BCUT2D eigenvalue weighted by Gasteiger charge is -2.23. The number of rotatable bonds is 4. The zero-order chi connectivity index (χ0) is 8.20. The Morgan fingerprint density at radius 2 is 2.10 bits per heavy atom. The maximum Gasteiger partial charge on any atom is 0.0443 e. The lowest BCUT2D eigenvalue weighted by molar-refractivity contribution is 0.666. The first-order chi connectivity index (χ1) is 4.54. The second-order valence-corrected chi connectivity index (χ2v) is 5.00. The van der Waals surface area contributed by atoms with Crippen LogP contribution in [0.4, 0.5) is 0 Å². The SMILES string of the molecule is C=C(CBr)C(C)(Br)CCC. The van der Waals surface area contributed by atoms with E-state index in [1.54, 1.807) is 0 Å². The van der Waals surface area contributed by atoms with Crippen molar-refractivity contribution in [3.8, 4) is 0 Å². The molecule has 1 unspecified atom stereocenters. The summed E-state index contributed by atoms with van der Waals surface area (Å²) in [7, 11) is 0. The van der Waals surface area contributed by atoms with Gasteiger partial charge in [0.2, 0.25) is 0 Å². The molecular weight excluding hydrogens is 256 g/mol. The lowest BCUT2D eigenvalue weighted by atomic mass is 9.99. The van der Waals surface area contributed by atoms with Crippen molar-refractivity contribution in [1.29, 1.82) is 0 Å². The molecule has 0 aliphatic heterocycles. The molecule has 0 bridgehead atoms. The van der Waals surface area contributed by atoms with Crippen LogP contribution in [0.1, 0.15) is 26.7 Å². The topological polar surface area (TPSA) is 0 Å². The Morgan fingerprint density at radius 1 is 1.60 bits per heavy atom. The number of hydrogen-bond acceptors (Lipinski definition) is 0. The summed E-state index contributed by atoms with van der Waals surface area (Å²) in [6, 6.07) is 0. The van der Waals surface area contributed by atoms with Gasteiger partial charge in [-0.1, -0.05) is 57.4 Å². The van der Waals surface area contributed by atoms with Gasteiger partial charge in [-0.25, -0.2) is 0 Å². The molecular formula is C8H14Br2. The van der Waals surface area contributed by atoms with Crippen LogP contribution < -0.4 is 0 Å². The Kier molecular flexibility index (Phi) is 4.87. The summed E-state index contributed by atoms with van der Waals surface area (Å²) in [6.07, 6.45) is 2.34. The van der Waals surface area contributed by atoms with Crippen molar-refractivity contribution in [3.05, 3.63) is 12.2 Å². The molecule has 0 saturated carbocycles. The molecule has 0 nitrogen and oxygen atoms in total. The third-order valence-corrected chi connectivity index (χ3v) is 3.25. The summed E-state index contributed by atoms with van der Waals surface area (Å²) < 4.78 is 0.130. The van der Waals surface area contributed by atoms with Crippen LogP contribution in [0, 0.1) is 0 Å². The molecule has 0 rings (SSSR count). The van der Waals surface area contributed by atoms with Gasteiger partial charge in [0, 0.05) is 9.65 Å². The highest BCUT2D eigenvalue weighted by Gasteiger charge is 2.21. The third kappa shape index (κ3) is 3.20. The minimum atomic E-state index is 0.130. The van der Waals surface area contributed by atoms with Gasteiger partial charge in [0.05, 0.1) is 0 Å². The maximum atomic E-state index is 3.97. The van der Waals surface area contributed by atoms with Gasteiger partial charge in [0.15, 0.2) is 0 Å².